The second kappa shape index (κ2) is 9.09. The highest BCUT2D eigenvalue weighted by atomic mass is 16.5. The molecular formula is C31H31NO2. The fourth-order valence-electron chi connectivity index (χ4n) is 5.65. The van der Waals surface area contributed by atoms with E-state index in [2.05, 4.69) is 122 Å². The van der Waals surface area contributed by atoms with Crippen LogP contribution in [0.2, 0.25) is 0 Å². The zero-order chi connectivity index (χ0) is 23.7. The first-order valence-electron chi connectivity index (χ1n) is 11.8. The van der Waals surface area contributed by atoms with Gasteiger partial charge in [-0.2, -0.15) is 0 Å². The molecule has 0 aromatic heterocycles. The summed E-state index contributed by atoms with van der Waals surface area (Å²) >= 11 is 0. The minimum absolute atomic E-state index is 0.0815. The van der Waals surface area contributed by atoms with Crippen LogP contribution in [0.3, 0.4) is 0 Å². The van der Waals surface area contributed by atoms with Gasteiger partial charge in [0.25, 0.3) is 0 Å². The number of hydrogen-bond acceptors (Lipinski definition) is 3. The predicted molar refractivity (Wildman–Crippen MR) is 140 cm³/mol. The third-order valence-electron chi connectivity index (χ3n) is 7.39. The fourth-order valence-corrected chi connectivity index (χ4v) is 5.65. The smallest absolute Gasteiger partial charge is 0.0733 e. The second-order valence-electron chi connectivity index (χ2n) is 8.91. The molecule has 1 aliphatic rings. The maximum Gasteiger partial charge on any atom is 0.0733 e. The maximum atomic E-state index is 6.05. The van der Waals surface area contributed by atoms with Gasteiger partial charge in [-0.25, -0.2) is 0 Å². The van der Waals surface area contributed by atoms with Crippen LogP contribution in [0.25, 0.3) is 11.1 Å². The molecule has 0 radical (unpaired) electrons. The van der Waals surface area contributed by atoms with Crippen molar-refractivity contribution < 1.29 is 9.47 Å². The molecule has 4 aromatic rings. The van der Waals surface area contributed by atoms with Crippen molar-refractivity contribution in [2.45, 2.75) is 31.5 Å². The van der Waals surface area contributed by atoms with E-state index >= 15 is 0 Å². The maximum absolute atomic E-state index is 6.05. The summed E-state index contributed by atoms with van der Waals surface area (Å²) in [6.45, 7) is 4.31. The first-order chi connectivity index (χ1) is 16.6. The summed E-state index contributed by atoms with van der Waals surface area (Å²) in [7, 11) is 3.58. The van der Waals surface area contributed by atoms with Crippen molar-refractivity contribution in [3.05, 3.63) is 114 Å². The fraction of sp³-hybridized carbons (Fsp3) is 0.226. The summed E-state index contributed by atoms with van der Waals surface area (Å²) in [5, 5.41) is 0. The molecule has 34 heavy (non-hydrogen) atoms. The average molecular weight is 450 g/mol. The van der Waals surface area contributed by atoms with E-state index < -0.39 is 5.41 Å². The average Bonchev–Trinajstić information content (AvgIpc) is 3.20. The monoisotopic (exact) mass is 449 g/mol. The molecule has 3 heteroatoms. The number of para-hydroxylation sites is 2. The third kappa shape index (κ3) is 3.35. The van der Waals surface area contributed by atoms with Gasteiger partial charge in [0.1, 0.15) is 0 Å². The van der Waals surface area contributed by atoms with E-state index in [9.17, 15) is 0 Å². The van der Waals surface area contributed by atoms with Crippen molar-refractivity contribution in [3.63, 3.8) is 0 Å². The molecule has 2 atom stereocenters. The van der Waals surface area contributed by atoms with Crippen LogP contribution < -0.4 is 4.90 Å². The highest BCUT2D eigenvalue weighted by Gasteiger charge is 2.51. The first-order valence-corrected chi connectivity index (χ1v) is 11.8. The van der Waals surface area contributed by atoms with E-state index in [4.69, 9.17) is 9.47 Å². The number of ether oxygens (including phenoxy) is 2. The van der Waals surface area contributed by atoms with E-state index in [-0.39, 0.29) is 12.2 Å². The Kier molecular flexibility index (Phi) is 5.99. The highest BCUT2D eigenvalue weighted by molar-refractivity contribution is 5.86. The molecule has 2 unspecified atom stereocenters. The van der Waals surface area contributed by atoms with Crippen molar-refractivity contribution >= 4 is 17.1 Å². The molecule has 0 bridgehead atoms. The number of fused-ring (bicyclic) bond motifs is 3. The zero-order valence-electron chi connectivity index (χ0n) is 20.2. The van der Waals surface area contributed by atoms with Gasteiger partial charge < -0.3 is 14.4 Å². The number of methoxy groups -OCH3 is 2. The molecule has 172 valence electrons. The van der Waals surface area contributed by atoms with Gasteiger partial charge in [0.15, 0.2) is 0 Å². The predicted octanol–water partition coefficient (Wildman–Crippen LogP) is 7.49. The Morgan fingerprint density at radius 2 is 1.06 bits per heavy atom. The first kappa shape index (κ1) is 22.4. The molecule has 0 aliphatic heterocycles. The summed E-state index contributed by atoms with van der Waals surface area (Å²) in [6, 6.07) is 36.5. The summed E-state index contributed by atoms with van der Waals surface area (Å²) in [5.74, 6) is 0. The van der Waals surface area contributed by atoms with Gasteiger partial charge in [-0.1, -0.05) is 66.7 Å². The Morgan fingerprint density at radius 3 is 1.62 bits per heavy atom. The minimum atomic E-state index is -0.426. The SMILES string of the molecule is COC(C)C1(C(C)OC)c2ccccc2-c2ccc(N(c3ccccc3)c3ccccc3)cc21. The lowest BCUT2D eigenvalue weighted by molar-refractivity contribution is -0.0204. The minimum Gasteiger partial charge on any atom is -0.380 e. The van der Waals surface area contributed by atoms with Gasteiger partial charge in [-0.05, 0) is 72.5 Å². The van der Waals surface area contributed by atoms with Crippen LogP contribution in [0.1, 0.15) is 25.0 Å². The van der Waals surface area contributed by atoms with Crippen LogP contribution in [-0.2, 0) is 14.9 Å². The van der Waals surface area contributed by atoms with Crippen molar-refractivity contribution in [1.82, 2.24) is 0 Å². The van der Waals surface area contributed by atoms with Crippen LogP contribution in [0.15, 0.2) is 103 Å². The number of rotatable bonds is 7. The Hall–Kier alpha value is -3.40. The molecule has 1 aliphatic carbocycles. The second-order valence-corrected chi connectivity index (χ2v) is 8.91. The summed E-state index contributed by atoms with van der Waals surface area (Å²) in [6.07, 6.45) is -0.163. The lowest BCUT2D eigenvalue weighted by atomic mass is 9.70. The molecule has 0 N–H and O–H groups in total. The topological polar surface area (TPSA) is 21.7 Å². The van der Waals surface area contributed by atoms with Gasteiger partial charge >= 0.3 is 0 Å². The van der Waals surface area contributed by atoms with Crippen molar-refractivity contribution in [2.75, 3.05) is 19.1 Å². The van der Waals surface area contributed by atoms with E-state index in [1.54, 1.807) is 14.2 Å². The van der Waals surface area contributed by atoms with Crippen LogP contribution >= 0.6 is 0 Å². The number of anilines is 3. The number of nitrogens with zero attached hydrogens (tertiary/aromatic N) is 1. The molecule has 0 fully saturated rings. The molecule has 0 spiro atoms. The number of benzene rings is 4. The summed E-state index contributed by atoms with van der Waals surface area (Å²) in [5.41, 5.74) is 7.92. The van der Waals surface area contributed by atoms with Crippen LogP contribution in [-0.4, -0.2) is 26.4 Å². The van der Waals surface area contributed by atoms with Gasteiger partial charge in [0, 0.05) is 31.3 Å². The van der Waals surface area contributed by atoms with E-state index in [1.807, 2.05) is 0 Å². The third-order valence-corrected chi connectivity index (χ3v) is 7.39. The summed E-state index contributed by atoms with van der Waals surface area (Å²) < 4.78 is 12.1. The quantitative estimate of drug-likeness (QED) is 0.292. The molecular weight excluding hydrogens is 418 g/mol. The van der Waals surface area contributed by atoms with E-state index in [1.165, 1.54) is 22.3 Å². The van der Waals surface area contributed by atoms with Crippen molar-refractivity contribution in [2.24, 2.45) is 0 Å². The Morgan fingerprint density at radius 1 is 0.559 bits per heavy atom. The van der Waals surface area contributed by atoms with Crippen molar-refractivity contribution in [1.29, 1.82) is 0 Å². The molecule has 3 nitrogen and oxygen atoms in total. The normalized spacial score (nSPS) is 18.1. The molecule has 0 saturated carbocycles. The zero-order valence-corrected chi connectivity index (χ0v) is 20.2. The Balaban J connectivity index is 1.78. The molecule has 0 saturated heterocycles. The van der Waals surface area contributed by atoms with Crippen LogP contribution in [0.4, 0.5) is 17.1 Å². The van der Waals surface area contributed by atoms with E-state index in [0.29, 0.717) is 0 Å². The molecule has 5 rings (SSSR count). The molecule has 0 amide bonds. The standard InChI is InChI=1S/C31H31NO2/c1-22(33-3)31(23(2)34-4)29-18-12-11-17-27(29)28-20-19-26(21-30(28)31)32(24-13-7-5-8-14-24)25-15-9-6-10-16-25/h5-23H,1-4H3. The van der Waals surface area contributed by atoms with E-state index in [0.717, 1.165) is 17.1 Å². The lowest BCUT2D eigenvalue weighted by Crippen LogP contribution is -2.48. The van der Waals surface area contributed by atoms with Gasteiger partial charge in [0.05, 0.1) is 17.6 Å². The lowest BCUT2D eigenvalue weighted by Gasteiger charge is -2.41. The summed E-state index contributed by atoms with van der Waals surface area (Å²) in [4.78, 5) is 2.31. The molecule has 0 heterocycles. The van der Waals surface area contributed by atoms with Crippen LogP contribution in [0, 0.1) is 0 Å². The van der Waals surface area contributed by atoms with Gasteiger partial charge in [0.2, 0.25) is 0 Å². The van der Waals surface area contributed by atoms with Gasteiger partial charge in [-0.3, -0.25) is 0 Å². The molecule has 4 aromatic carbocycles. The highest BCUT2D eigenvalue weighted by Crippen LogP contribution is 2.55. The Labute approximate surface area is 202 Å². The Bertz CT molecular complexity index is 1220. The largest absolute Gasteiger partial charge is 0.380 e. The van der Waals surface area contributed by atoms with Gasteiger partial charge in [-0.15, -0.1) is 0 Å². The van der Waals surface area contributed by atoms with Crippen molar-refractivity contribution in [3.8, 4) is 11.1 Å². The number of hydrogen-bond donors (Lipinski definition) is 0. The van der Waals surface area contributed by atoms with Crippen LogP contribution in [0.5, 0.6) is 0 Å².